The van der Waals surface area contributed by atoms with Crippen LogP contribution in [0.4, 0.5) is 0 Å². The van der Waals surface area contributed by atoms with Crippen molar-refractivity contribution in [3.05, 3.63) is 89.0 Å². The Morgan fingerprint density at radius 2 is 1.71 bits per heavy atom. The number of benzene rings is 3. The van der Waals surface area contributed by atoms with Gasteiger partial charge in [-0.25, -0.2) is 0 Å². The summed E-state index contributed by atoms with van der Waals surface area (Å²) in [4.78, 5) is 13.9. The number of rotatable bonds is 5. The summed E-state index contributed by atoms with van der Waals surface area (Å²) in [6.07, 6.45) is 4.94. The van der Waals surface area contributed by atoms with Gasteiger partial charge < -0.3 is 30.3 Å². The van der Waals surface area contributed by atoms with Crippen LogP contribution in [0, 0.1) is 29.6 Å². The molecule has 7 nitrogen and oxygen atoms in total. The van der Waals surface area contributed by atoms with Gasteiger partial charge in [-0.1, -0.05) is 60.9 Å². The summed E-state index contributed by atoms with van der Waals surface area (Å²) in [5.41, 5.74) is 2.25. The molecule has 0 unspecified atom stereocenters. The van der Waals surface area contributed by atoms with E-state index in [9.17, 15) is 30.3 Å². The number of ether oxygens (including phenoxy) is 1. The Bertz CT molecular complexity index is 1650. The van der Waals surface area contributed by atoms with Crippen molar-refractivity contribution in [2.75, 3.05) is 7.11 Å². The van der Waals surface area contributed by atoms with Crippen LogP contribution in [-0.2, 0) is 16.6 Å². The predicted octanol–water partition coefficient (Wildman–Crippen LogP) is 5.61. The number of carbonyl (C=O) groups excluding carboxylic acids is 1. The topological polar surface area (TPSA) is 127 Å². The van der Waals surface area contributed by atoms with Crippen LogP contribution in [0.3, 0.4) is 0 Å². The third kappa shape index (κ3) is 5.69. The maximum absolute atomic E-state index is 13.9. The van der Waals surface area contributed by atoms with E-state index in [4.69, 9.17) is 4.74 Å². The number of aliphatic hydroxyl groups is 2. The molecule has 0 bridgehead atoms. The van der Waals surface area contributed by atoms with Crippen molar-refractivity contribution in [3.8, 4) is 34.8 Å². The van der Waals surface area contributed by atoms with Crippen LogP contribution >= 0.6 is 0 Å². The fourth-order valence-corrected chi connectivity index (χ4v) is 8.14. The van der Waals surface area contributed by atoms with E-state index >= 15 is 0 Å². The summed E-state index contributed by atoms with van der Waals surface area (Å²) >= 11 is 0. The summed E-state index contributed by atoms with van der Waals surface area (Å²) in [5, 5.41) is 54.9. The van der Waals surface area contributed by atoms with Crippen molar-refractivity contribution in [2.45, 2.75) is 68.5 Å². The van der Waals surface area contributed by atoms with Crippen molar-refractivity contribution < 1.29 is 35.1 Å². The van der Waals surface area contributed by atoms with Crippen molar-refractivity contribution in [2.24, 2.45) is 17.8 Å². The molecular weight excluding hydrogens is 568 g/mol. The molecular formula is C38H40O7. The first-order valence-electron chi connectivity index (χ1n) is 15.7. The molecule has 0 spiro atoms. The first-order valence-corrected chi connectivity index (χ1v) is 15.7. The zero-order valence-electron chi connectivity index (χ0n) is 25.4. The summed E-state index contributed by atoms with van der Waals surface area (Å²) in [6, 6.07) is 18.1. The normalized spacial score (nSPS) is 29.5. The number of phenols is 3. The Hall–Kier alpha value is -4.25. The van der Waals surface area contributed by atoms with Crippen LogP contribution in [0.15, 0.2) is 66.7 Å². The van der Waals surface area contributed by atoms with E-state index in [0.29, 0.717) is 29.7 Å². The van der Waals surface area contributed by atoms with Crippen LogP contribution < -0.4 is 4.74 Å². The molecule has 0 radical (unpaired) electrons. The van der Waals surface area contributed by atoms with E-state index < -0.39 is 23.5 Å². The highest BCUT2D eigenvalue weighted by atomic mass is 16.5. The third-order valence-corrected chi connectivity index (χ3v) is 10.3. The lowest BCUT2D eigenvalue weighted by molar-refractivity contribution is -0.124. The third-order valence-electron chi connectivity index (χ3n) is 10.3. The van der Waals surface area contributed by atoms with E-state index in [0.717, 1.165) is 24.0 Å². The molecule has 7 atom stereocenters. The Balaban J connectivity index is 1.47. The molecule has 3 aliphatic carbocycles. The molecule has 0 aromatic heterocycles. The molecule has 3 aliphatic rings. The number of carbonyl (C=O) groups is 1. The number of hydrogen-bond acceptors (Lipinski definition) is 7. The second-order valence-electron chi connectivity index (χ2n) is 12.8. The van der Waals surface area contributed by atoms with Crippen molar-refractivity contribution in [3.63, 3.8) is 0 Å². The van der Waals surface area contributed by atoms with Gasteiger partial charge in [0, 0.05) is 42.4 Å². The lowest BCUT2D eigenvalue weighted by Gasteiger charge is -2.54. The summed E-state index contributed by atoms with van der Waals surface area (Å²) in [5.74, 6) is 5.26. The first kappa shape index (κ1) is 30.8. The van der Waals surface area contributed by atoms with Crippen LogP contribution in [-0.4, -0.2) is 50.6 Å². The van der Waals surface area contributed by atoms with Crippen LogP contribution in [0.5, 0.6) is 23.0 Å². The molecule has 0 saturated heterocycles. The fourth-order valence-electron chi connectivity index (χ4n) is 8.14. The Labute approximate surface area is 263 Å². The van der Waals surface area contributed by atoms with Crippen LogP contribution in [0.2, 0.25) is 0 Å². The number of fused-ring (bicyclic) bond motifs is 3. The van der Waals surface area contributed by atoms with E-state index in [1.165, 1.54) is 19.2 Å². The van der Waals surface area contributed by atoms with Gasteiger partial charge in [-0.3, -0.25) is 4.79 Å². The SMILES string of the molecule is COc1cc([C@@H]2CC(=O)C[C@H](O)[C@H]([C@]34c5cc(O)c(O)cc5C=C[C@H]3CCC[C@@H]4O)CC#C[C@H]2Cc2ccccc2)ccc1O. The second kappa shape index (κ2) is 12.6. The first-order chi connectivity index (χ1) is 21.7. The van der Waals surface area contributed by atoms with E-state index in [2.05, 4.69) is 11.8 Å². The minimum atomic E-state index is -1.10. The van der Waals surface area contributed by atoms with Crippen molar-refractivity contribution >= 4 is 11.9 Å². The van der Waals surface area contributed by atoms with Crippen molar-refractivity contribution in [1.29, 1.82) is 0 Å². The summed E-state index contributed by atoms with van der Waals surface area (Å²) < 4.78 is 5.39. The molecule has 5 N–H and O–H groups in total. The predicted molar refractivity (Wildman–Crippen MR) is 171 cm³/mol. The average Bonchev–Trinajstić information content (AvgIpc) is 3.03. The van der Waals surface area contributed by atoms with Crippen molar-refractivity contribution in [1.82, 2.24) is 0 Å². The molecule has 0 amide bonds. The smallest absolute Gasteiger partial charge is 0.160 e. The van der Waals surface area contributed by atoms with Gasteiger partial charge >= 0.3 is 0 Å². The van der Waals surface area contributed by atoms with Gasteiger partial charge in [0.2, 0.25) is 0 Å². The zero-order valence-corrected chi connectivity index (χ0v) is 25.4. The quantitative estimate of drug-likeness (QED) is 0.188. The zero-order chi connectivity index (χ0) is 31.7. The monoisotopic (exact) mass is 608 g/mol. The van der Waals surface area contributed by atoms with Gasteiger partial charge in [-0.15, -0.1) is 5.92 Å². The Morgan fingerprint density at radius 1 is 0.933 bits per heavy atom. The minimum Gasteiger partial charge on any atom is -0.504 e. The maximum Gasteiger partial charge on any atom is 0.160 e. The second-order valence-corrected chi connectivity index (χ2v) is 12.8. The number of methoxy groups -OCH3 is 1. The molecule has 234 valence electrons. The van der Waals surface area contributed by atoms with Gasteiger partial charge in [0.25, 0.3) is 0 Å². The standard InChI is InChI=1S/C38H40O7/c1-45-36-19-25(14-16-32(36)40)29-20-28(39)21-33(41)30(11-5-9-24(29)17-23-7-3-2-4-8-23)38-27(10-6-12-37(38)44)15-13-26-18-34(42)35(43)22-31(26)38/h2-4,7-8,13-16,18-19,22,24,27,29-30,33,37,40-44H,6,10-12,17,20-21H2,1H3/t24-,27+,29+,30+,33-,37-,38-/m0/s1. The largest absolute Gasteiger partial charge is 0.504 e. The lowest BCUT2D eigenvalue weighted by atomic mass is 9.50. The molecule has 0 aliphatic heterocycles. The number of aromatic hydroxyl groups is 3. The summed E-state index contributed by atoms with van der Waals surface area (Å²) in [7, 11) is 1.49. The highest BCUT2D eigenvalue weighted by Gasteiger charge is 2.56. The molecule has 45 heavy (non-hydrogen) atoms. The van der Waals surface area contributed by atoms with Gasteiger partial charge in [0.1, 0.15) is 5.78 Å². The number of hydrogen-bond donors (Lipinski definition) is 5. The number of Topliss-reactive ketones (excluding diaryl/α,β-unsaturated/α-hetero) is 1. The van der Waals surface area contributed by atoms with Gasteiger partial charge in [0.05, 0.1) is 19.3 Å². The van der Waals surface area contributed by atoms with E-state index in [-0.39, 0.29) is 60.0 Å². The molecule has 0 heterocycles. The number of allylic oxidation sites excluding steroid dienone is 1. The fraction of sp³-hybridized carbons (Fsp3) is 0.395. The number of aliphatic hydroxyl groups excluding tert-OH is 2. The minimum absolute atomic E-state index is 0.0115. The Kier molecular flexibility index (Phi) is 8.63. The van der Waals surface area contributed by atoms with Gasteiger partial charge in [0.15, 0.2) is 23.0 Å². The van der Waals surface area contributed by atoms with Gasteiger partial charge in [-0.05, 0) is 71.7 Å². The summed E-state index contributed by atoms with van der Waals surface area (Å²) in [6.45, 7) is 0. The van der Waals surface area contributed by atoms with E-state index in [1.54, 1.807) is 18.2 Å². The highest BCUT2D eigenvalue weighted by molar-refractivity contribution is 5.80. The average molecular weight is 609 g/mol. The highest BCUT2D eigenvalue weighted by Crippen LogP contribution is 2.56. The van der Waals surface area contributed by atoms with Gasteiger partial charge in [-0.2, -0.15) is 0 Å². The molecule has 7 heteroatoms. The molecule has 1 fully saturated rings. The molecule has 3 aromatic carbocycles. The number of phenolic OH excluding ortho intramolecular Hbond substituents is 3. The van der Waals surface area contributed by atoms with Crippen LogP contribution in [0.1, 0.15) is 66.7 Å². The van der Waals surface area contributed by atoms with Crippen LogP contribution in [0.25, 0.3) is 6.08 Å². The molecule has 6 rings (SSSR count). The molecule has 3 aromatic rings. The number of ketones is 1. The van der Waals surface area contributed by atoms with E-state index in [1.807, 2.05) is 42.5 Å². The molecule has 1 saturated carbocycles. The maximum atomic E-state index is 13.9. The Morgan fingerprint density at radius 3 is 2.49 bits per heavy atom. The lowest BCUT2D eigenvalue weighted by Crippen LogP contribution is -2.57.